The standard InChI is InChI=1S/C16H12F9NO7S/c1-32-11(27)9-4-8-6-26(12(28)29)3-2-7(8)5-10(9)33-34(30,31)16(24,25)14(19,20)13(17,18)15(21,22)23/h4-5H,2-3,6H2,1H3,(H,28,29). The minimum atomic E-state index is -7.53. The van der Waals surface area contributed by atoms with Crippen LogP contribution in [0.5, 0.6) is 5.75 Å². The summed E-state index contributed by atoms with van der Waals surface area (Å²) in [7, 11) is -6.60. The summed E-state index contributed by atoms with van der Waals surface area (Å²) in [5.41, 5.74) is -1.05. The second kappa shape index (κ2) is 8.38. The maximum absolute atomic E-state index is 14.0. The van der Waals surface area contributed by atoms with E-state index in [9.17, 15) is 57.5 Å². The summed E-state index contributed by atoms with van der Waals surface area (Å²) in [6, 6.07) is 1.25. The van der Waals surface area contributed by atoms with Crippen molar-refractivity contribution in [3.63, 3.8) is 0 Å². The lowest BCUT2D eigenvalue weighted by Gasteiger charge is -2.32. The van der Waals surface area contributed by atoms with E-state index in [1.165, 1.54) is 0 Å². The van der Waals surface area contributed by atoms with Crippen LogP contribution in [0.25, 0.3) is 0 Å². The molecule has 192 valence electrons. The number of fused-ring (bicyclic) bond motifs is 1. The number of amides is 1. The number of hydrogen-bond donors (Lipinski definition) is 1. The van der Waals surface area contributed by atoms with Gasteiger partial charge in [-0.2, -0.15) is 47.9 Å². The molecule has 0 aliphatic carbocycles. The van der Waals surface area contributed by atoms with Crippen molar-refractivity contribution < 1.29 is 71.5 Å². The molecule has 1 heterocycles. The lowest BCUT2D eigenvalue weighted by atomic mass is 9.97. The monoisotopic (exact) mass is 533 g/mol. The van der Waals surface area contributed by atoms with Crippen molar-refractivity contribution in [2.75, 3.05) is 13.7 Å². The third-order valence-electron chi connectivity index (χ3n) is 4.62. The van der Waals surface area contributed by atoms with Crippen molar-refractivity contribution in [3.05, 3.63) is 28.8 Å². The van der Waals surface area contributed by atoms with Crippen LogP contribution in [0.4, 0.5) is 44.3 Å². The number of hydrogen-bond acceptors (Lipinski definition) is 6. The predicted molar refractivity (Wildman–Crippen MR) is 90.4 cm³/mol. The number of methoxy groups -OCH3 is 1. The molecule has 0 bridgehead atoms. The van der Waals surface area contributed by atoms with Gasteiger partial charge in [0.1, 0.15) is 5.56 Å². The highest BCUT2D eigenvalue weighted by molar-refractivity contribution is 7.88. The number of nitrogens with zero attached hydrogens (tertiary/aromatic N) is 1. The number of esters is 1. The summed E-state index contributed by atoms with van der Waals surface area (Å²) in [5.74, 6) is -18.0. The Morgan fingerprint density at radius 1 is 0.971 bits per heavy atom. The molecule has 0 saturated carbocycles. The molecule has 2 rings (SSSR count). The average molecular weight is 533 g/mol. The van der Waals surface area contributed by atoms with Crippen molar-refractivity contribution >= 4 is 22.2 Å². The van der Waals surface area contributed by atoms with Gasteiger partial charge in [0.2, 0.25) is 0 Å². The Morgan fingerprint density at radius 2 is 1.53 bits per heavy atom. The Labute approximate surface area is 184 Å². The molecule has 1 aromatic carbocycles. The number of carbonyl (C=O) groups excluding carboxylic acids is 1. The van der Waals surface area contributed by atoms with Crippen LogP contribution in [0.3, 0.4) is 0 Å². The molecule has 1 amide bonds. The Kier molecular flexibility index (Phi) is 6.74. The van der Waals surface area contributed by atoms with Crippen molar-refractivity contribution in [3.8, 4) is 5.75 Å². The first-order chi connectivity index (χ1) is 15.2. The summed E-state index contributed by atoms with van der Waals surface area (Å²) in [5, 5.41) is 1.88. The van der Waals surface area contributed by atoms with Crippen LogP contribution in [-0.4, -0.2) is 67.4 Å². The second-order valence-electron chi connectivity index (χ2n) is 6.76. The third kappa shape index (κ3) is 4.29. The molecule has 1 aliphatic rings. The molecule has 1 aliphatic heterocycles. The first kappa shape index (κ1) is 27.3. The maximum Gasteiger partial charge on any atom is 0.460 e. The quantitative estimate of drug-likeness (QED) is 0.338. The normalized spacial score (nSPS) is 15.5. The Bertz CT molecular complexity index is 1100. The summed E-state index contributed by atoms with van der Waals surface area (Å²) < 4.78 is 150. The van der Waals surface area contributed by atoms with Crippen LogP contribution in [0.2, 0.25) is 0 Å². The number of ether oxygens (including phenoxy) is 1. The molecule has 0 aromatic heterocycles. The van der Waals surface area contributed by atoms with Crippen LogP contribution in [0, 0.1) is 0 Å². The number of carbonyl (C=O) groups is 2. The summed E-state index contributed by atoms with van der Waals surface area (Å²) in [6.45, 7) is -0.619. The lowest BCUT2D eigenvalue weighted by molar-refractivity contribution is -0.382. The van der Waals surface area contributed by atoms with E-state index in [0.717, 1.165) is 4.90 Å². The number of benzene rings is 1. The van der Waals surface area contributed by atoms with E-state index in [0.29, 0.717) is 19.2 Å². The molecule has 0 radical (unpaired) electrons. The van der Waals surface area contributed by atoms with Crippen molar-refractivity contribution in [1.82, 2.24) is 4.90 Å². The van der Waals surface area contributed by atoms with E-state index in [1.807, 2.05) is 0 Å². The van der Waals surface area contributed by atoms with Crippen LogP contribution in [-0.2, 0) is 27.8 Å². The van der Waals surface area contributed by atoms with E-state index in [2.05, 4.69) is 8.92 Å². The first-order valence-corrected chi connectivity index (χ1v) is 9.98. The molecule has 1 N–H and O–H groups in total. The minimum Gasteiger partial charge on any atom is -0.465 e. The molecule has 0 spiro atoms. The maximum atomic E-state index is 14.0. The third-order valence-corrected chi connectivity index (χ3v) is 5.90. The van der Waals surface area contributed by atoms with Gasteiger partial charge in [-0.25, -0.2) is 9.59 Å². The smallest absolute Gasteiger partial charge is 0.460 e. The van der Waals surface area contributed by atoms with Crippen molar-refractivity contribution in [2.24, 2.45) is 0 Å². The summed E-state index contributed by atoms with van der Waals surface area (Å²) in [6.07, 6.45) is -8.90. The zero-order valence-electron chi connectivity index (χ0n) is 16.4. The highest BCUT2D eigenvalue weighted by atomic mass is 32.2. The van der Waals surface area contributed by atoms with Gasteiger partial charge in [0.15, 0.2) is 5.75 Å². The topological polar surface area (TPSA) is 110 Å². The van der Waals surface area contributed by atoms with Gasteiger partial charge in [-0.05, 0) is 29.7 Å². The number of rotatable bonds is 6. The van der Waals surface area contributed by atoms with Crippen molar-refractivity contribution in [2.45, 2.75) is 36.2 Å². The van der Waals surface area contributed by atoms with Crippen molar-refractivity contribution in [1.29, 1.82) is 0 Å². The number of alkyl halides is 9. The SMILES string of the molecule is COC(=O)c1cc2c(cc1OS(=O)(=O)C(F)(F)C(F)(F)C(F)(F)C(F)(F)F)CCN(C(=O)O)C2. The summed E-state index contributed by atoms with van der Waals surface area (Å²) in [4.78, 5) is 23.8. The van der Waals surface area contributed by atoms with E-state index in [1.54, 1.807) is 0 Å². The van der Waals surface area contributed by atoms with Gasteiger partial charge in [-0.1, -0.05) is 0 Å². The molecule has 18 heteroatoms. The zero-order valence-corrected chi connectivity index (χ0v) is 17.2. The Balaban J connectivity index is 2.58. The highest BCUT2D eigenvalue weighted by Crippen LogP contribution is 2.55. The van der Waals surface area contributed by atoms with E-state index in [-0.39, 0.29) is 24.1 Å². The Hall–Kier alpha value is -2.92. The number of carboxylic acid groups (broad SMARTS) is 1. The zero-order chi connectivity index (χ0) is 26.5. The largest absolute Gasteiger partial charge is 0.465 e. The van der Waals surface area contributed by atoms with Gasteiger partial charge in [-0.3, -0.25) is 0 Å². The van der Waals surface area contributed by atoms with E-state index >= 15 is 0 Å². The van der Waals surface area contributed by atoms with Gasteiger partial charge in [-0.15, -0.1) is 0 Å². The second-order valence-corrected chi connectivity index (χ2v) is 8.35. The molecule has 0 unspecified atom stereocenters. The van der Waals surface area contributed by atoms with Gasteiger partial charge in [0.05, 0.1) is 7.11 Å². The molecular weight excluding hydrogens is 521 g/mol. The molecule has 8 nitrogen and oxygen atoms in total. The molecule has 0 atom stereocenters. The van der Waals surface area contributed by atoms with Crippen LogP contribution in [0.1, 0.15) is 21.5 Å². The summed E-state index contributed by atoms with van der Waals surface area (Å²) >= 11 is 0. The van der Waals surface area contributed by atoms with Gasteiger partial charge < -0.3 is 18.9 Å². The Morgan fingerprint density at radius 3 is 2.00 bits per heavy atom. The van der Waals surface area contributed by atoms with Crippen LogP contribution in [0.15, 0.2) is 12.1 Å². The number of halogens is 9. The molecule has 0 fully saturated rings. The van der Waals surface area contributed by atoms with Gasteiger partial charge in [0.25, 0.3) is 0 Å². The lowest BCUT2D eigenvalue weighted by Crippen LogP contribution is -2.63. The van der Waals surface area contributed by atoms with Gasteiger partial charge >= 0.3 is 45.5 Å². The highest BCUT2D eigenvalue weighted by Gasteiger charge is 2.86. The van der Waals surface area contributed by atoms with Gasteiger partial charge in [0, 0.05) is 13.1 Å². The molecular formula is C16H12F9NO7S. The molecule has 1 aromatic rings. The fourth-order valence-electron chi connectivity index (χ4n) is 2.78. The van der Waals surface area contributed by atoms with Crippen LogP contribution >= 0.6 is 0 Å². The predicted octanol–water partition coefficient (Wildman–Crippen LogP) is 3.64. The first-order valence-electron chi connectivity index (χ1n) is 8.57. The molecule has 0 saturated heterocycles. The molecule has 34 heavy (non-hydrogen) atoms. The van der Waals surface area contributed by atoms with Crippen LogP contribution < -0.4 is 4.18 Å². The van der Waals surface area contributed by atoms with E-state index in [4.69, 9.17) is 5.11 Å². The fourth-order valence-corrected chi connectivity index (χ4v) is 3.70. The minimum absolute atomic E-state index is 0.0134. The van der Waals surface area contributed by atoms with E-state index < -0.39 is 63.3 Å². The fraction of sp³-hybridized carbons (Fsp3) is 0.500. The average Bonchev–Trinajstić information content (AvgIpc) is 2.70.